The van der Waals surface area contributed by atoms with Gasteiger partial charge in [0.2, 0.25) is 0 Å². The Kier molecular flexibility index (Phi) is 8.83. The van der Waals surface area contributed by atoms with Crippen molar-refractivity contribution in [3.05, 3.63) is 92.6 Å². The number of hydrogen-bond donors (Lipinski definition) is 2. The molecule has 0 radical (unpaired) electrons. The van der Waals surface area contributed by atoms with E-state index in [0.29, 0.717) is 0 Å². The number of nitrogens with one attached hydrogen (secondary N) is 1. The third kappa shape index (κ3) is 6.71. The van der Waals surface area contributed by atoms with Gasteiger partial charge in [0.15, 0.2) is 12.3 Å². The lowest BCUT2D eigenvalue weighted by molar-refractivity contribution is -0.148. The molecule has 1 unspecified atom stereocenters. The van der Waals surface area contributed by atoms with E-state index >= 15 is 0 Å². The van der Waals surface area contributed by atoms with Gasteiger partial charge in [-0.25, -0.2) is 4.79 Å². The first-order valence-electron chi connectivity index (χ1n) is 11.8. The Morgan fingerprint density at radius 1 is 1.00 bits per heavy atom. The second kappa shape index (κ2) is 12.0. The molecule has 1 heterocycles. The van der Waals surface area contributed by atoms with Crippen molar-refractivity contribution in [2.45, 2.75) is 39.7 Å². The van der Waals surface area contributed by atoms with Crippen LogP contribution in [0.25, 0.3) is 0 Å². The number of nitrogen functional groups attached to an aromatic ring is 1. The minimum absolute atomic E-state index is 0.0314. The number of rotatable bonds is 10. The van der Waals surface area contributed by atoms with Gasteiger partial charge >= 0.3 is 11.7 Å². The number of aromatic nitrogens is 2. The number of ether oxygens (including phenoxy) is 1. The Hall–Kier alpha value is -4.14. The second-order valence-corrected chi connectivity index (χ2v) is 9.14. The summed E-state index contributed by atoms with van der Waals surface area (Å²) in [5.41, 5.74) is 6.47. The third-order valence-electron chi connectivity index (χ3n) is 5.71. The fourth-order valence-corrected chi connectivity index (χ4v) is 3.87. The fraction of sp³-hybridized carbons (Fsp3) is 0.333. The predicted molar refractivity (Wildman–Crippen MR) is 139 cm³/mol. The number of esters is 1. The highest BCUT2D eigenvalue weighted by atomic mass is 16.5. The van der Waals surface area contributed by atoms with Crippen molar-refractivity contribution >= 4 is 23.4 Å². The van der Waals surface area contributed by atoms with Crippen LogP contribution in [0.3, 0.4) is 0 Å². The van der Waals surface area contributed by atoms with Gasteiger partial charge in [-0.3, -0.25) is 23.9 Å². The summed E-state index contributed by atoms with van der Waals surface area (Å²) in [5, 5.41) is 0. The Morgan fingerprint density at radius 2 is 1.61 bits per heavy atom. The lowest BCUT2D eigenvalue weighted by atomic mass is 9.98. The Morgan fingerprint density at radius 3 is 2.22 bits per heavy atom. The summed E-state index contributed by atoms with van der Waals surface area (Å²) in [6, 6.07) is 18.7. The van der Waals surface area contributed by atoms with Crippen LogP contribution < -0.4 is 21.9 Å². The van der Waals surface area contributed by atoms with Crippen LogP contribution in [0.2, 0.25) is 0 Å². The third-order valence-corrected chi connectivity index (χ3v) is 5.71. The summed E-state index contributed by atoms with van der Waals surface area (Å²) in [4.78, 5) is 54.3. The molecule has 0 bridgehead atoms. The number of H-pyrrole nitrogens is 1. The zero-order valence-electron chi connectivity index (χ0n) is 20.8. The monoisotopic (exact) mass is 492 g/mol. The summed E-state index contributed by atoms with van der Waals surface area (Å²) in [7, 11) is 0. The molecule has 3 N–H and O–H groups in total. The molecule has 1 amide bonds. The highest BCUT2D eigenvalue weighted by molar-refractivity contribution is 5.97. The van der Waals surface area contributed by atoms with Crippen LogP contribution in [0.5, 0.6) is 0 Å². The van der Waals surface area contributed by atoms with Gasteiger partial charge in [0.1, 0.15) is 5.82 Å². The molecule has 3 rings (SSSR count). The molecule has 0 aliphatic carbocycles. The van der Waals surface area contributed by atoms with Gasteiger partial charge in [-0.15, -0.1) is 0 Å². The molecular formula is C27H32N4O5. The molecule has 3 aromatic rings. The number of carbonyl (C=O) groups excluding carboxylic acids is 2. The van der Waals surface area contributed by atoms with Crippen LogP contribution in [0.15, 0.2) is 70.3 Å². The topological polar surface area (TPSA) is 127 Å². The summed E-state index contributed by atoms with van der Waals surface area (Å²) in [5.74, 6) is -1.38. The van der Waals surface area contributed by atoms with Crippen molar-refractivity contribution in [1.82, 2.24) is 9.55 Å². The van der Waals surface area contributed by atoms with Crippen molar-refractivity contribution in [3.8, 4) is 0 Å². The molecule has 0 aliphatic rings. The minimum atomic E-state index is -0.778. The molecular weight excluding hydrogens is 460 g/mol. The number of nitrogens with zero attached hydrogens (tertiary/aromatic N) is 2. The van der Waals surface area contributed by atoms with Crippen LogP contribution in [0, 0.1) is 5.92 Å². The first-order valence-corrected chi connectivity index (χ1v) is 11.8. The van der Waals surface area contributed by atoms with Crippen molar-refractivity contribution in [2.24, 2.45) is 5.92 Å². The minimum Gasteiger partial charge on any atom is -0.456 e. The summed E-state index contributed by atoms with van der Waals surface area (Å²) in [6.07, 6.45) is 0.103. The van der Waals surface area contributed by atoms with Gasteiger partial charge in [0, 0.05) is 6.54 Å². The first kappa shape index (κ1) is 26.5. The van der Waals surface area contributed by atoms with Crippen LogP contribution >= 0.6 is 0 Å². The predicted octanol–water partition coefficient (Wildman–Crippen LogP) is 2.89. The number of amides is 1. The Bertz CT molecular complexity index is 1300. The molecule has 2 aromatic carbocycles. The largest absolute Gasteiger partial charge is 0.456 e. The highest BCUT2D eigenvalue weighted by Gasteiger charge is 2.26. The molecule has 0 aliphatic heterocycles. The Balaban J connectivity index is 1.81. The average Bonchev–Trinajstić information content (AvgIpc) is 2.85. The fourth-order valence-electron chi connectivity index (χ4n) is 3.87. The van der Waals surface area contributed by atoms with Crippen LogP contribution in [-0.2, 0) is 20.9 Å². The van der Waals surface area contributed by atoms with Crippen molar-refractivity contribution in [3.63, 3.8) is 0 Å². The highest BCUT2D eigenvalue weighted by Crippen LogP contribution is 2.21. The molecule has 0 saturated carbocycles. The average molecular weight is 493 g/mol. The lowest BCUT2D eigenvalue weighted by Gasteiger charge is -2.26. The van der Waals surface area contributed by atoms with E-state index in [1.807, 2.05) is 81.4 Å². The van der Waals surface area contributed by atoms with Crippen LogP contribution in [0.4, 0.5) is 11.5 Å². The molecule has 36 heavy (non-hydrogen) atoms. The molecule has 1 atom stereocenters. The molecule has 1 aromatic heterocycles. The van der Waals surface area contributed by atoms with Crippen molar-refractivity contribution in [1.29, 1.82) is 0 Å². The van der Waals surface area contributed by atoms with Gasteiger partial charge in [-0.1, -0.05) is 81.4 Å². The van der Waals surface area contributed by atoms with E-state index in [1.165, 1.54) is 9.47 Å². The van der Waals surface area contributed by atoms with Crippen molar-refractivity contribution < 1.29 is 14.3 Å². The van der Waals surface area contributed by atoms with Gasteiger partial charge < -0.3 is 15.4 Å². The number of aromatic amines is 1. The van der Waals surface area contributed by atoms with Gasteiger partial charge in [0.05, 0.1) is 13.0 Å². The zero-order valence-corrected chi connectivity index (χ0v) is 20.8. The quantitative estimate of drug-likeness (QED) is 0.419. The van der Waals surface area contributed by atoms with Crippen LogP contribution in [0.1, 0.15) is 44.2 Å². The number of nitrogens with two attached hydrogens (primary N) is 1. The normalized spacial score (nSPS) is 11.8. The van der Waals surface area contributed by atoms with Gasteiger partial charge in [-0.05, 0) is 23.0 Å². The maximum atomic E-state index is 13.2. The van der Waals surface area contributed by atoms with E-state index in [9.17, 15) is 19.2 Å². The van der Waals surface area contributed by atoms with Crippen molar-refractivity contribution in [2.75, 3.05) is 23.8 Å². The molecule has 9 heteroatoms. The smallest absolute Gasteiger partial charge is 0.330 e. The molecule has 0 saturated heterocycles. The Labute approximate surface area is 209 Å². The molecule has 190 valence electrons. The lowest BCUT2D eigenvalue weighted by Crippen LogP contribution is -2.44. The summed E-state index contributed by atoms with van der Waals surface area (Å²) in [6.45, 7) is 5.36. The summed E-state index contributed by atoms with van der Waals surface area (Å²) >= 11 is 0. The molecule has 0 fully saturated rings. The maximum absolute atomic E-state index is 13.2. The first-order chi connectivity index (χ1) is 17.2. The number of hydrogen-bond acceptors (Lipinski definition) is 6. The standard InChI is InChI=1S/C27H32N4O5/c1-18(2)15-30(22(32)17-36-23(33)14-19(3)21-12-8-5-9-13-21)24-25(28)31(27(35)29-26(24)34)16-20-10-6-4-7-11-20/h4-13,18-19H,14-17,28H2,1-3H3,(H,29,34,35). The number of anilines is 2. The van der Waals surface area contributed by atoms with Gasteiger partial charge in [-0.2, -0.15) is 0 Å². The SMILES string of the molecule is CC(C)CN(C(=O)COC(=O)CC(C)c1ccccc1)c1c(N)n(Cc2ccccc2)c(=O)[nH]c1=O. The summed E-state index contributed by atoms with van der Waals surface area (Å²) < 4.78 is 6.47. The number of carbonyl (C=O) groups is 2. The zero-order chi connectivity index (χ0) is 26.2. The van der Waals surface area contributed by atoms with E-state index in [2.05, 4.69) is 4.98 Å². The molecule has 9 nitrogen and oxygen atoms in total. The van der Waals surface area contributed by atoms with E-state index < -0.39 is 29.7 Å². The van der Waals surface area contributed by atoms with Crippen LogP contribution in [-0.4, -0.2) is 34.6 Å². The van der Waals surface area contributed by atoms with E-state index in [1.54, 1.807) is 0 Å². The van der Waals surface area contributed by atoms with Gasteiger partial charge in [0.25, 0.3) is 11.5 Å². The van der Waals surface area contributed by atoms with E-state index in [-0.39, 0.29) is 42.9 Å². The molecule has 0 spiro atoms. The van der Waals surface area contributed by atoms with E-state index in [0.717, 1.165) is 11.1 Å². The second-order valence-electron chi connectivity index (χ2n) is 9.14. The maximum Gasteiger partial charge on any atom is 0.330 e. The number of benzene rings is 2. The van der Waals surface area contributed by atoms with E-state index in [4.69, 9.17) is 10.5 Å².